The molecule has 4 rings (SSSR count). The average Bonchev–Trinajstić information content (AvgIpc) is 2.87. The second-order valence-electron chi connectivity index (χ2n) is 9.39. The molecule has 0 bridgehead atoms. The van der Waals surface area contributed by atoms with Crippen molar-refractivity contribution in [3.05, 3.63) is 46.9 Å². The summed E-state index contributed by atoms with van der Waals surface area (Å²) in [7, 11) is -2.23. The highest BCUT2D eigenvalue weighted by Crippen LogP contribution is 2.26. The summed E-state index contributed by atoms with van der Waals surface area (Å²) >= 11 is 0. The van der Waals surface area contributed by atoms with Crippen LogP contribution in [0.5, 0.6) is 0 Å². The number of allylic oxidation sites excluding steroid dienone is 1. The monoisotopic (exact) mass is 516 g/mol. The maximum absolute atomic E-state index is 13.0. The van der Waals surface area contributed by atoms with Gasteiger partial charge in [-0.15, -0.1) is 0 Å². The largest absolute Gasteiger partial charge is 0.394 e. The summed E-state index contributed by atoms with van der Waals surface area (Å²) in [6, 6.07) is 12.1. The van der Waals surface area contributed by atoms with Gasteiger partial charge in [-0.3, -0.25) is 0 Å². The van der Waals surface area contributed by atoms with Crippen LogP contribution in [-0.4, -0.2) is 98.9 Å². The molecule has 2 aliphatic rings. The van der Waals surface area contributed by atoms with Crippen molar-refractivity contribution in [2.45, 2.75) is 37.4 Å². The molecule has 5 atom stereocenters. The van der Waals surface area contributed by atoms with Crippen LogP contribution in [0.25, 0.3) is 16.8 Å². The zero-order chi connectivity index (χ0) is 26.0. The first-order valence-corrected chi connectivity index (χ1v) is 13.3. The number of aliphatic hydroxyl groups excluding tert-OH is 3. The van der Waals surface area contributed by atoms with E-state index >= 15 is 0 Å². The van der Waals surface area contributed by atoms with Crippen LogP contribution in [0.4, 0.5) is 5.69 Å². The summed E-state index contributed by atoms with van der Waals surface area (Å²) in [5.74, 6) is 0. The van der Waals surface area contributed by atoms with Crippen LogP contribution < -0.4 is 9.62 Å². The van der Waals surface area contributed by atoms with Crippen molar-refractivity contribution in [3.8, 4) is 6.07 Å². The number of aliphatic hydroxyl groups is 3. The van der Waals surface area contributed by atoms with E-state index in [9.17, 15) is 29.0 Å². The number of ether oxygens (including phenoxy) is 1. The number of hydrogen-bond donors (Lipinski definition) is 4. The van der Waals surface area contributed by atoms with Crippen LogP contribution >= 0.6 is 0 Å². The van der Waals surface area contributed by atoms with Gasteiger partial charge in [0.25, 0.3) is 10.0 Å². The fraction of sp³-hybridized carbons (Fsp3) is 0.480. The van der Waals surface area contributed by atoms with Crippen LogP contribution in [0.3, 0.4) is 0 Å². The van der Waals surface area contributed by atoms with Gasteiger partial charge >= 0.3 is 0 Å². The smallest absolute Gasteiger partial charge is 0.251 e. The van der Waals surface area contributed by atoms with Gasteiger partial charge in [-0.25, -0.2) is 13.1 Å². The van der Waals surface area contributed by atoms with Gasteiger partial charge < -0.3 is 29.9 Å². The summed E-state index contributed by atoms with van der Waals surface area (Å²) in [6.45, 7) is 4.91. The Bertz CT molecular complexity index is 1270. The molecule has 0 amide bonds. The summed E-state index contributed by atoms with van der Waals surface area (Å²) in [4.78, 5) is 4.10. The normalized spacial score (nSPS) is 28.3. The molecule has 2 saturated heterocycles. The number of sulfonamides is 1. The van der Waals surface area contributed by atoms with Gasteiger partial charge in [-0.05, 0) is 54.6 Å². The van der Waals surface area contributed by atoms with E-state index in [1.54, 1.807) is 12.1 Å². The van der Waals surface area contributed by atoms with Gasteiger partial charge in [-0.1, -0.05) is 18.2 Å². The summed E-state index contributed by atoms with van der Waals surface area (Å²) in [5.41, 5.74) is 1.67. The number of likely N-dealkylation sites (N-methyl/N-ethyl adjacent to an activating group) is 1. The molecule has 4 N–H and O–H groups in total. The minimum atomic E-state index is -4.34. The molecule has 0 saturated carbocycles. The number of nitriles is 1. The fourth-order valence-electron chi connectivity index (χ4n) is 4.63. The van der Waals surface area contributed by atoms with Crippen molar-refractivity contribution < 1.29 is 28.5 Å². The zero-order valence-corrected chi connectivity index (χ0v) is 21.1. The van der Waals surface area contributed by atoms with Crippen molar-refractivity contribution in [2.24, 2.45) is 0 Å². The van der Waals surface area contributed by atoms with E-state index in [1.165, 1.54) is 13.0 Å². The number of hydrogen-bond acceptors (Lipinski definition) is 9. The Kier molecular flexibility index (Phi) is 7.96. The third kappa shape index (κ3) is 5.55. The summed E-state index contributed by atoms with van der Waals surface area (Å²) in [6.07, 6.45) is -3.61. The molecule has 11 heteroatoms. The second-order valence-corrected chi connectivity index (χ2v) is 11.1. The Morgan fingerprint density at radius 2 is 1.81 bits per heavy atom. The molecule has 0 aliphatic carbocycles. The number of nitrogens with zero attached hydrogens (tertiary/aromatic N) is 3. The highest BCUT2D eigenvalue weighted by atomic mass is 32.2. The predicted octanol–water partition coefficient (Wildman–Crippen LogP) is 0.245. The lowest BCUT2D eigenvalue weighted by Crippen LogP contribution is -2.63. The summed E-state index contributed by atoms with van der Waals surface area (Å²) < 4.78 is 33.7. The van der Waals surface area contributed by atoms with Crippen LogP contribution in [0, 0.1) is 11.3 Å². The van der Waals surface area contributed by atoms with E-state index in [1.807, 2.05) is 24.3 Å². The lowest BCUT2D eigenvalue weighted by Gasteiger charge is -2.41. The first-order valence-electron chi connectivity index (χ1n) is 11.9. The molecule has 0 aromatic heterocycles. The Balaban J connectivity index is 1.54. The van der Waals surface area contributed by atoms with E-state index in [-0.39, 0.29) is 0 Å². The average molecular weight is 517 g/mol. The van der Waals surface area contributed by atoms with Crippen LogP contribution in [0.2, 0.25) is 0 Å². The van der Waals surface area contributed by atoms with Crippen molar-refractivity contribution in [3.63, 3.8) is 0 Å². The van der Waals surface area contributed by atoms with Gasteiger partial charge in [-0.2, -0.15) is 5.26 Å². The summed E-state index contributed by atoms with van der Waals surface area (Å²) in [5, 5.41) is 41.3. The molecule has 2 aromatic rings. The van der Waals surface area contributed by atoms with Gasteiger partial charge in [0.15, 0.2) is 4.91 Å². The van der Waals surface area contributed by atoms with Crippen LogP contribution in [-0.2, 0) is 14.8 Å². The third-order valence-electron chi connectivity index (χ3n) is 6.88. The molecule has 194 valence electrons. The molecule has 2 aliphatic heterocycles. The number of fused-ring (bicyclic) bond motifs is 1. The molecule has 36 heavy (non-hydrogen) atoms. The Hall–Kier alpha value is -2.56. The van der Waals surface area contributed by atoms with E-state index < -0.39 is 52.0 Å². The van der Waals surface area contributed by atoms with Crippen molar-refractivity contribution >= 4 is 32.6 Å². The highest BCUT2D eigenvalue weighted by Gasteiger charge is 2.44. The molecular weight excluding hydrogens is 484 g/mol. The van der Waals surface area contributed by atoms with Crippen molar-refractivity contribution in [1.82, 2.24) is 9.62 Å². The van der Waals surface area contributed by atoms with Crippen molar-refractivity contribution in [2.75, 3.05) is 44.7 Å². The quantitative estimate of drug-likeness (QED) is 0.397. The van der Waals surface area contributed by atoms with Crippen LogP contribution in [0.15, 0.2) is 41.3 Å². The van der Waals surface area contributed by atoms with E-state index in [4.69, 9.17) is 4.74 Å². The Labute approximate surface area is 211 Å². The van der Waals surface area contributed by atoms with Gasteiger partial charge in [0.2, 0.25) is 0 Å². The first kappa shape index (κ1) is 26.5. The maximum Gasteiger partial charge on any atom is 0.251 e. The van der Waals surface area contributed by atoms with Gasteiger partial charge in [0.1, 0.15) is 24.4 Å². The lowest BCUT2D eigenvalue weighted by atomic mass is 9.94. The van der Waals surface area contributed by atoms with Gasteiger partial charge in [0, 0.05) is 31.9 Å². The maximum atomic E-state index is 13.0. The fourth-order valence-corrected chi connectivity index (χ4v) is 5.86. The second kappa shape index (κ2) is 10.8. The van der Waals surface area contributed by atoms with Gasteiger partial charge in [0.05, 0.1) is 18.8 Å². The number of anilines is 1. The molecule has 0 spiro atoms. The lowest BCUT2D eigenvalue weighted by molar-refractivity contribution is -0.186. The van der Waals surface area contributed by atoms with E-state index in [2.05, 4.69) is 27.6 Å². The topological polar surface area (TPSA) is 146 Å². The molecule has 1 unspecified atom stereocenters. The number of nitrogens with one attached hydrogen (secondary N) is 1. The van der Waals surface area contributed by atoms with E-state index in [0.29, 0.717) is 5.56 Å². The predicted molar refractivity (Wildman–Crippen MR) is 137 cm³/mol. The molecule has 2 aromatic carbocycles. The van der Waals surface area contributed by atoms with Crippen LogP contribution in [0.1, 0.15) is 12.5 Å². The minimum absolute atomic E-state index is 0.524. The molecule has 0 radical (unpaired) electrons. The Morgan fingerprint density at radius 3 is 2.47 bits per heavy atom. The Morgan fingerprint density at radius 1 is 1.14 bits per heavy atom. The standard InChI is InChI=1S/C25H32N4O6S/c1-16-23(25(32)24(31)22(15-30)35-16)27-36(33,34)21(14-26)12-17-3-4-19-13-20(6-5-18(19)11-17)29-9-7-28(2)8-10-29/h3-6,11-13,16,22-25,27,30-32H,7-10,15H2,1-2H3/b21-12+/t16?,22-,23+,24-,25-/m1/s1. The van der Waals surface area contributed by atoms with Crippen molar-refractivity contribution in [1.29, 1.82) is 5.26 Å². The minimum Gasteiger partial charge on any atom is -0.394 e. The molecule has 10 nitrogen and oxygen atoms in total. The van der Waals surface area contributed by atoms with E-state index in [0.717, 1.165) is 42.6 Å². The number of rotatable bonds is 6. The molecular formula is C25H32N4O6S. The highest BCUT2D eigenvalue weighted by molar-refractivity contribution is 7.93. The number of piperazine rings is 1. The third-order valence-corrected chi connectivity index (χ3v) is 8.25. The first-order chi connectivity index (χ1) is 17.1. The SMILES string of the molecule is CC1O[C@H](CO)[C@@H](O)[C@H](O)[C@H]1NS(=O)(=O)/C(C#N)=C/c1ccc2cc(N3CCN(C)CC3)ccc2c1. The zero-order valence-electron chi connectivity index (χ0n) is 20.3. The molecule has 2 heterocycles. The molecule has 2 fully saturated rings. The number of benzene rings is 2.